The number of carbonyl (C=O) groups is 6. The predicted molar refractivity (Wildman–Crippen MR) is 360 cm³/mol. The second-order valence-electron chi connectivity index (χ2n) is 24.8. The number of ether oxygens (including phenoxy) is 1. The van der Waals surface area contributed by atoms with Gasteiger partial charge in [-0.1, -0.05) is 88.7 Å². The van der Waals surface area contributed by atoms with Gasteiger partial charge < -0.3 is 36.8 Å². The number of halogens is 1. The molecule has 498 valence electrons. The molecule has 2 aliphatic carbocycles. The molecule has 8 aromatic rings. The van der Waals surface area contributed by atoms with Crippen molar-refractivity contribution in [2.75, 3.05) is 23.3 Å². The molecule has 0 aliphatic heterocycles. The molecule has 2 atom stereocenters. The topological polar surface area (TPSA) is 364 Å². The van der Waals surface area contributed by atoms with Crippen molar-refractivity contribution in [2.24, 2.45) is 29.4 Å². The van der Waals surface area contributed by atoms with Gasteiger partial charge in [-0.25, -0.2) is 32.9 Å². The molecule has 0 saturated heterocycles. The van der Waals surface area contributed by atoms with Crippen LogP contribution in [0.25, 0.3) is 33.9 Å². The number of nitrogens with one attached hydrogen (secondary N) is 7. The van der Waals surface area contributed by atoms with Crippen LogP contribution in [0.4, 0.5) is 21.0 Å². The van der Waals surface area contributed by atoms with Gasteiger partial charge >= 0.3 is 12.2 Å². The Morgan fingerprint density at radius 3 is 1.83 bits per heavy atom. The summed E-state index contributed by atoms with van der Waals surface area (Å²) in [6.07, 6.45) is 4.29. The highest BCUT2D eigenvalue weighted by atomic mass is 79.9. The molecular formula is C68H78BrN15O10S. The minimum absolute atomic E-state index is 0.132. The second-order valence-corrected chi connectivity index (χ2v) is 27.5. The van der Waals surface area contributed by atoms with Crippen LogP contribution < -0.4 is 36.6 Å². The Morgan fingerprint density at radius 1 is 0.674 bits per heavy atom. The van der Waals surface area contributed by atoms with E-state index in [2.05, 4.69) is 83.2 Å². The highest BCUT2D eigenvalue weighted by molar-refractivity contribution is 9.10. The molecule has 0 unspecified atom stereocenters. The lowest BCUT2D eigenvalue weighted by atomic mass is 9.81. The summed E-state index contributed by atoms with van der Waals surface area (Å²) in [5, 5.41) is 47.9. The van der Waals surface area contributed by atoms with Crippen molar-refractivity contribution in [3.63, 3.8) is 0 Å². The number of aryl methyl sites for hydroxylation is 1. The smallest absolute Gasteiger partial charge is 0.407 e. The minimum atomic E-state index is -3.82. The number of sulfonamides is 1. The molecule has 6 aromatic carbocycles. The number of hydrogen-bond donors (Lipinski definition) is 9. The number of aromatic nitrogens is 8. The maximum Gasteiger partial charge on any atom is 0.407 e. The van der Waals surface area contributed by atoms with E-state index in [0.717, 1.165) is 61.8 Å². The average Bonchev–Trinajstić information content (AvgIpc) is 1.92. The normalized spacial score (nSPS) is 16.9. The number of carboxylic acid groups (broad SMARTS) is 1. The van der Waals surface area contributed by atoms with E-state index in [1.807, 2.05) is 107 Å². The molecule has 2 aromatic heterocycles. The van der Waals surface area contributed by atoms with Gasteiger partial charge in [0.15, 0.2) is 11.6 Å². The minimum Gasteiger partial charge on any atom is -0.465 e. The Bertz CT molecular complexity index is 4010. The van der Waals surface area contributed by atoms with E-state index in [0.29, 0.717) is 74.6 Å². The highest BCUT2D eigenvalue weighted by Gasteiger charge is 2.37. The number of amides is 6. The van der Waals surface area contributed by atoms with Crippen molar-refractivity contribution < 1.29 is 47.0 Å². The van der Waals surface area contributed by atoms with Crippen LogP contribution in [0.2, 0.25) is 0 Å². The number of tetrazole rings is 2. The lowest BCUT2D eigenvalue weighted by molar-refractivity contribution is -0.130. The SMILES string of the molecule is CC(C)(C)OC(=O)NC[C@H]1CC[C@H](C(=O)N(c2ccc(-c3nnn[nH]3)cc2)[C@@H](Cc2cccc(Br)c2)C(N)=O)CC1.Cc1ccc(S(=O)(=O)NCc2ccccc2)cc1-c1cccc(C[C@H](NC(=O)[C@H]2CC[C@H](CNC(=O)O)CC2)C(=O)Nc2ccc(-c3nnn[nH]3)cc2)c1. The molecule has 0 spiro atoms. The number of anilines is 2. The number of rotatable bonds is 23. The number of benzene rings is 6. The van der Waals surface area contributed by atoms with Crippen molar-refractivity contribution in [1.29, 1.82) is 0 Å². The number of hydrogen-bond acceptors (Lipinski definition) is 15. The number of aromatic amines is 2. The van der Waals surface area contributed by atoms with Crippen LogP contribution >= 0.6 is 15.9 Å². The fraction of sp³-hybridized carbons (Fsp3) is 0.353. The number of nitrogens with zero attached hydrogens (tertiary/aromatic N) is 7. The first-order valence-corrected chi connectivity index (χ1v) is 33.6. The summed E-state index contributed by atoms with van der Waals surface area (Å²) in [5.74, 6) is -0.602. The quantitative estimate of drug-likeness (QED) is 0.0288. The van der Waals surface area contributed by atoms with Crippen molar-refractivity contribution in [2.45, 2.75) is 121 Å². The number of nitrogens with two attached hydrogens (primary N) is 1. The van der Waals surface area contributed by atoms with Crippen LogP contribution in [-0.4, -0.2) is 121 Å². The van der Waals surface area contributed by atoms with Crippen molar-refractivity contribution in [3.05, 3.63) is 172 Å². The third-order valence-corrected chi connectivity index (χ3v) is 18.7. The lowest BCUT2D eigenvalue weighted by Gasteiger charge is -2.36. The monoisotopic (exact) mass is 1380 g/mol. The fourth-order valence-corrected chi connectivity index (χ4v) is 13.2. The molecule has 95 heavy (non-hydrogen) atoms. The van der Waals surface area contributed by atoms with Crippen LogP contribution in [-0.2, 0) is 53.3 Å². The number of carbonyl (C=O) groups excluding carboxylic acids is 5. The van der Waals surface area contributed by atoms with Gasteiger partial charge in [0.05, 0.1) is 4.90 Å². The molecule has 2 fully saturated rings. The summed E-state index contributed by atoms with van der Waals surface area (Å²) in [7, 11) is -3.82. The zero-order valence-electron chi connectivity index (χ0n) is 53.1. The molecule has 27 heteroatoms. The maximum absolute atomic E-state index is 14.1. The van der Waals surface area contributed by atoms with Crippen molar-refractivity contribution in [1.82, 2.24) is 61.9 Å². The van der Waals surface area contributed by atoms with Crippen molar-refractivity contribution >= 4 is 73.1 Å². The lowest BCUT2D eigenvalue weighted by Crippen LogP contribution is -2.52. The largest absolute Gasteiger partial charge is 0.465 e. The van der Waals surface area contributed by atoms with Gasteiger partial charge in [-0.05, 0) is 218 Å². The molecule has 0 bridgehead atoms. The Morgan fingerprint density at radius 2 is 1.25 bits per heavy atom. The van der Waals surface area contributed by atoms with E-state index < -0.39 is 51.7 Å². The van der Waals surface area contributed by atoms with Crippen LogP contribution in [0.1, 0.15) is 94.4 Å². The Kier molecular flexibility index (Phi) is 23.7. The van der Waals surface area contributed by atoms with E-state index in [-0.39, 0.29) is 59.8 Å². The molecule has 10 rings (SSSR count). The summed E-state index contributed by atoms with van der Waals surface area (Å²) >= 11 is 3.48. The molecule has 6 amide bonds. The summed E-state index contributed by atoms with van der Waals surface area (Å²) in [6, 6.07) is 41.7. The van der Waals surface area contributed by atoms with E-state index >= 15 is 0 Å². The molecule has 10 N–H and O–H groups in total. The van der Waals surface area contributed by atoms with Gasteiger partial charge in [-0.2, -0.15) is 0 Å². The zero-order chi connectivity index (χ0) is 67.7. The van der Waals surface area contributed by atoms with E-state index in [1.54, 1.807) is 71.6 Å². The third kappa shape index (κ3) is 20.1. The van der Waals surface area contributed by atoms with Gasteiger partial charge in [0.25, 0.3) is 0 Å². The van der Waals surface area contributed by atoms with Gasteiger partial charge in [-0.3, -0.25) is 24.1 Å². The summed E-state index contributed by atoms with van der Waals surface area (Å²) < 4.78 is 35.5. The molecule has 2 saturated carbocycles. The number of alkyl carbamates (subject to hydrolysis) is 1. The summed E-state index contributed by atoms with van der Waals surface area (Å²) in [6.45, 7) is 8.37. The zero-order valence-corrected chi connectivity index (χ0v) is 55.5. The van der Waals surface area contributed by atoms with Gasteiger partial charge in [-0.15, -0.1) is 10.2 Å². The van der Waals surface area contributed by atoms with Crippen LogP contribution in [0.15, 0.2) is 155 Å². The van der Waals surface area contributed by atoms with Crippen LogP contribution in [0.3, 0.4) is 0 Å². The average molecular weight is 1380 g/mol. The van der Waals surface area contributed by atoms with Gasteiger partial charge in [0, 0.05) is 71.3 Å². The third-order valence-electron chi connectivity index (χ3n) is 16.8. The van der Waals surface area contributed by atoms with E-state index in [9.17, 15) is 37.2 Å². The van der Waals surface area contributed by atoms with Crippen LogP contribution in [0, 0.1) is 30.6 Å². The Labute approximate surface area is 559 Å². The predicted octanol–water partition coefficient (Wildman–Crippen LogP) is 9.45. The molecular weight excluding hydrogens is 1300 g/mol. The van der Waals surface area contributed by atoms with E-state index in [4.69, 9.17) is 15.6 Å². The van der Waals surface area contributed by atoms with Gasteiger partial charge in [0.1, 0.15) is 17.7 Å². The summed E-state index contributed by atoms with van der Waals surface area (Å²) in [4.78, 5) is 79.2. The van der Waals surface area contributed by atoms with Gasteiger partial charge in [0.2, 0.25) is 33.7 Å². The van der Waals surface area contributed by atoms with E-state index in [1.165, 1.54) is 0 Å². The summed E-state index contributed by atoms with van der Waals surface area (Å²) in [5.41, 5.74) is 12.8. The Balaban J connectivity index is 0.000000232. The maximum atomic E-state index is 14.1. The van der Waals surface area contributed by atoms with Crippen molar-refractivity contribution in [3.8, 4) is 33.9 Å². The molecule has 2 aliphatic rings. The fourth-order valence-electron chi connectivity index (χ4n) is 11.7. The highest BCUT2D eigenvalue weighted by Crippen LogP contribution is 2.35. The van der Waals surface area contributed by atoms with Crippen LogP contribution in [0.5, 0.6) is 0 Å². The first kappa shape index (κ1) is 69.6. The Hall–Kier alpha value is -9.73. The molecule has 2 heterocycles. The molecule has 25 nitrogen and oxygen atoms in total. The first-order valence-electron chi connectivity index (χ1n) is 31.4. The number of H-pyrrole nitrogens is 2. The standard InChI is InChI=1S/C39H42N8O6S.C29H36BrN7O4/c1-25-10-19-33(54(52,53)41-24-26-6-3-2-4-7-26)22-34(25)31-9-5-8-28(20-31)21-35(43-37(48)30-13-11-27(12-14-30)23-40-39(50)51)38(49)42-32-17-15-29(16-18-32)36-44-46-47-45-36;1-29(2,3)41-28(40)32-17-18-7-9-21(10-8-18)27(39)37(23-13-11-20(12-14-23)26-33-35-36-34-26)24(25(31)38)16-19-5-4-6-22(30)15-19/h2-10,15-20,22,27,30,35,40-41H,11-14,21,23-24H2,1H3,(H,42,49)(H,43,48)(H,50,51)(H,44,45,46,47);4-6,11-15,18,21,24H,7-10,16-17H2,1-3H3,(H2,31,38)(H,32,40)(H,33,34,35,36)/t27-,30-,35-;18-,21-,24-/m00/s1. The second kappa shape index (κ2) is 32.4. The first-order chi connectivity index (χ1) is 45.5. The number of primary amides is 1. The molecule has 0 radical (unpaired) electrons.